The molecule has 6 nitrogen and oxygen atoms in total. The minimum absolute atomic E-state index is 0.106. The van der Waals surface area contributed by atoms with Crippen molar-refractivity contribution in [2.45, 2.75) is 13.0 Å². The van der Waals surface area contributed by atoms with Gasteiger partial charge in [0.15, 0.2) is 5.78 Å². The first-order valence-electron chi connectivity index (χ1n) is 4.82. The number of hydrogen-bond acceptors (Lipinski definition) is 5. The van der Waals surface area contributed by atoms with Crippen molar-refractivity contribution < 1.29 is 4.79 Å². The number of aromatic amines is 1. The molecule has 0 fully saturated rings. The first kappa shape index (κ1) is 10.4. The van der Waals surface area contributed by atoms with Gasteiger partial charge in [-0.1, -0.05) is 18.2 Å². The van der Waals surface area contributed by atoms with E-state index in [0.29, 0.717) is 11.4 Å². The summed E-state index contributed by atoms with van der Waals surface area (Å²) in [5.41, 5.74) is 6.83. The van der Waals surface area contributed by atoms with Crippen molar-refractivity contribution in [1.29, 1.82) is 0 Å². The van der Waals surface area contributed by atoms with Crippen LogP contribution in [-0.4, -0.2) is 32.4 Å². The summed E-state index contributed by atoms with van der Waals surface area (Å²) in [5.74, 6) is 0.352. The Kier molecular flexibility index (Phi) is 2.74. The third kappa shape index (κ3) is 1.96. The fourth-order valence-electron chi connectivity index (χ4n) is 1.36. The second-order valence-electron chi connectivity index (χ2n) is 3.47. The Bertz CT molecular complexity index is 492. The molecule has 0 aliphatic carbocycles. The molecular formula is C10H11N5O. The second kappa shape index (κ2) is 4.19. The zero-order chi connectivity index (χ0) is 11.5. The van der Waals surface area contributed by atoms with Crippen LogP contribution < -0.4 is 5.73 Å². The minimum Gasteiger partial charge on any atom is -0.321 e. The van der Waals surface area contributed by atoms with E-state index in [2.05, 4.69) is 20.6 Å². The number of carbonyl (C=O) groups excluding carboxylic acids is 1. The third-order valence-corrected chi connectivity index (χ3v) is 2.16. The summed E-state index contributed by atoms with van der Waals surface area (Å²) in [6, 6.07) is 6.48. The topological polar surface area (TPSA) is 97.5 Å². The van der Waals surface area contributed by atoms with Crippen LogP contribution in [0.3, 0.4) is 0 Å². The van der Waals surface area contributed by atoms with Crippen LogP contribution in [0.25, 0.3) is 11.4 Å². The average molecular weight is 217 g/mol. The monoisotopic (exact) mass is 217 g/mol. The predicted octanol–water partition coefficient (Wildman–Crippen LogP) is 0.397. The normalized spacial score (nSPS) is 12.4. The van der Waals surface area contributed by atoms with Crippen molar-refractivity contribution in [3.05, 3.63) is 29.8 Å². The predicted molar refractivity (Wildman–Crippen MR) is 57.6 cm³/mol. The second-order valence-corrected chi connectivity index (χ2v) is 3.47. The van der Waals surface area contributed by atoms with E-state index in [-0.39, 0.29) is 5.78 Å². The molecule has 1 aromatic heterocycles. The van der Waals surface area contributed by atoms with Gasteiger partial charge in [0, 0.05) is 11.1 Å². The zero-order valence-corrected chi connectivity index (χ0v) is 8.71. The summed E-state index contributed by atoms with van der Waals surface area (Å²) in [4.78, 5) is 11.7. The molecule has 1 aromatic carbocycles. The van der Waals surface area contributed by atoms with E-state index in [9.17, 15) is 4.79 Å². The van der Waals surface area contributed by atoms with E-state index in [1.807, 2.05) is 6.07 Å². The lowest BCUT2D eigenvalue weighted by atomic mass is 10.0. The number of nitrogens with two attached hydrogens (primary N) is 1. The summed E-state index contributed by atoms with van der Waals surface area (Å²) in [7, 11) is 0. The highest BCUT2D eigenvalue weighted by Crippen LogP contribution is 2.15. The molecule has 1 heterocycles. The Morgan fingerprint density at radius 1 is 1.50 bits per heavy atom. The van der Waals surface area contributed by atoms with E-state index in [0.717, 1.165) is 5.56 Å². The van der Waals surface area contributed by atoms with Crippen LogP contribution in [0.5, 0.6) is 0 Å². The van der Waals surface area contributed by atoms with Gasteiger partial charge in [-0.15, -0.1) is 10.2 Å². The van der Waals surface area contributed by atoms with Gasteiger partial charge in [0.2, 0.25) is 5.82 Å². The highest BCUT2D eigenvalue weighted by atomic mass is 16.1. The maximum absolute atomic E-state index is 11.7. The Morgan fingerprint density at radius 3 is 2.94 bits per heavy atom. The highest BCUT2D eigenvalue weighted by Gasteiger charge is 2.12. The van der Waals surface area contributed by atoms with Crippen molar-refractivity contribution in [3.8, 4) is 11.4 Å². The van der Waals surface area contributed by atoms with Gasteiger partial charge in [0.1, 0.15) is 0 Å². The Labute approximate surface area is 91.9 Å². The number of benzene rings is 1. The molecule has 0 radical (unpaired) electrons. The standard InChI is InChI=1S/C10H11N5O/c1-6(11)9(16)7-3-2-4-8(5-7)10-12-14-15-13-10/h2-6H,11H2,1H3,(H,12,13,14,15). The molecule has 2 aromatic rings. The van der Waals surface area contributed by atoms with Crippen LogP contribution in [0.1, 0.15) is 17.3 Å². The van der Waals surface area contributed by atoms with Gasteiger partial charge in [-0.2, -0.15) is 5.21 Å². The van der Waals surface area contributed by atoms with Crippen LogP contribution in [-0.2, 0) is 0 Å². The fraction of sp³-hybridized carbons (Fsp3) is 0.200. The van der Waals surface area contributed by atoms with E-state index < -0.39 is 6.04 Å². The number of carbonyl (C=O) groups is 1. The van der Waals surface area contributed by atoms with Crippen LogP contribution in [0.15, 0.2) is 24.3 Å². The molecule has 6 heteroatoms. The van der Waals surface area contributed by atoms with Crippen LogP contribution in [0, 0.1) is 0 Å². The van der Waals surface area contributed by atoms with Crippen LogP contribution >= 0.6 is 0 Å². The molecule has 0 aliphatic heterocycles. The highest BCUT2D eigenvalue weighted by molar-refractivity contribution is 6.00. The first-order chi connectivity index (χ1) is 7.68. The van der Waals surface area contributed by atoms with E-state index in [1.165, 1.54) is 0 Å². The number of rotatable bonds is 3. The molecule has 3 N–H and O–H groups in total. The number of tetrazole rings is 1. The summed E-state index contributed by atoms with van der Waals surface area (Å²) in [6.45, 7) is 1.66. The SMILES string of the molecule is CC(N)C(=O)c1cccc(-c2nn[nH]n2)c1. The summed E-state index contributed by atoms with van der Waals surface area (Å²) < 4.78 is 0. The molecule has 0 bridgehead atoms. The number of nitrogens with zero attached hydrogens (tertiary/aromatic N) is 3. The number of Topliss-reactive ketones (excluding diaryl/α,β-unsaturated/α-hetero) is 1. The smallest absolute Gasteiger partial charge is 0.204 e. The largest absolute Gasteiger partial charge is 0.321 e. The molecule has 82 valence electrons. The van der Waals surface area contributed by atoms with Gasteiger partial charge in [0.25, 0.3) is 0 Å². The molecule has 0 spiro atoms. The van der Waals surface area contributed by atoms with Crippen molar-refractivity contribution in [2.75, 3.05) is 0 Å². The average Bonchev–Trinajstić information content (AvgIpc) is 2.81. The lowest BCUT2D eigenvalue weighted by Gasteiger charge is -2.04. The molecule has 2 rings (SSSR count). The Balaban J connectivity index is 2.37. The van der Waals surface area contributed by atoms with Crippen LogP contribution in [0.2, 0.25) is 0 Å². The maximum atomic E-state index is 11.7. The zero-order valence-electron chi connectivity index (χ0n) is 8.71. The van der Waals surface area contributed by atoms with Gasteiger partial charge in [-0.05, 0) is 18.2 Å². The Morgan fingerprint density at radius 2 is 2.31 bits per heavy atom. The van der Waals surface area contributed by atoms with Gasteiger partial charge >= 0.3 is 0 Å². The molecule has 0 saturated carbocycles. The third-order valence-electron chi connectivity index (χ3n) is 2.16. The number of aromatic nitrogens is 4. The Hall–Kier alpha value is -2.08. The minimum atomic E-state index is -0.513. The summed E-state index contributed by atoms with van der Waals surface area (Å²) in [6.07, 6.45) is 0. The van der Waals surface area contributed by atoms with Crippen LogP contribution in [0.4, 0.5) is 0 Å². The van der Waals surface area contributed by atoms with Gasteiger partial charge in [-0.3, -0.25) is 4.79 Å². The maximum Gasteiger partial charge on any atom is 0.204 e. The number of H-pyrrole nitrogens is 1. The van der Waals surface area contributed by atoms with E-state index in [1.54, 1.807) is 25.1 Å². The van der Waals surface area contributed by atoms with Crippen molar-refractivity contribution in [1.82, 2.24) is 20.6 Å². The number of ketones is 1. The summed E-state index contributed by atoms with van der Waals surface area (Å²) >= 11 is 0. The van der Waals surface area contributed by atoms with Gasteiger partial charge < -0.3 is 5.73 Å². The molecule has 0 amide bonds. The number of hydrogen-bond donors (Lipinski definition) is 2. The van der Waals surface area contributed by atoms with Gasteiger partial charge in [0.05, 0.1) is 6.04 Å². The molecule has 16 heavy (non-hydrogen) atoms. The molecule has 0 saturated heterocycles. The number of nitrogens with one attached hydrogen (secondary N) is 1. The molecule has 1 unspecified atom stereocenters. The molecule has 1 atom stereocenters. The first-order valence-corrected chi connectivity index (χ1v) is 4.82. The van der Waals surface area contributed by atoms with E-state index in [4.69, 9.17) is 5.73 Å². The van der Waals surface area contributed by atoms with Crippen molar-refractivity contribution in [3.63, 3.8) is 0 Å². The quantitative estimate of drug-likeness (QED) is 0.725. The van der Waals surface area contributed by atoms with Gasteiger partial charge in [-0.25, -0.2) is 0 Å². The van der Waals surface area contributed by atoms with Crippen molar-refractivity contribution in [2.24, 2.45) is 5.73 Å². The lowest BCUT2D eigenvalue weighted by Crippen LogP contribution is -2.26. The lowest BCUT2D eigenvalue weighted by molar-refractivity contribution is 0.0968. The summed E-state index contributed by atoms with van der Waals surface area (Å²) in [5, 5.41) is 13.5. The molecule has 0 aliphatic rings. The van der Waals surface area contributed by atoms with Crippen molar-refractivity contribution >= 4 is 5.78 Å². The van der Waals surface area contributed by atoms with E-state index >= 15 is 0 Å². The fourth-order valence-corrected chi connectivity index (χ4v) is 1.36. The molecular weight excluding hydrogens is 206 g/mol.